The maximum atomic E-state index is 11.7. The molecule has 0 atom stereocenters. The first-order valence-corrected chi connectivity index (χ1v) is 6.39. The molecule has 1 aromatic rings. The van der Waals surface area contributed by atoms with Crippen LogP contribution in [0.15, 0.2) is 23.1 Å². The first kappa shape index (κ1) is 14.4. The van der Waals surface area contributed by atoms with Gasteiger partial charge in [-0.05, 0) is 12.1 Å². The molecular formula is C9H13N3O5S. The third kappa shape index (κ3) is 3.39. The van der Waals surface area contributed by atoms with Crippen molar-refractivity contribution in [2.45, 2.75) is 4.90 Å². The van der Waals surface area contributed by atoms with Crippen LogP contribution in [0.5, 0.6) is 0 Å². The van der Waals surface area contributed by atoms with Gasteiger partial charge in [-0.1, -0.05) is 0 Å². The molecule has 1 aromatic carbocycles. The van der Waals surface area contributed by atoms with Gasteiger partial charge in [0.2, 0.25) is 10.0 Å². The Morgan fingerprint density at radius 1 is 1.50 bits per heavy atom. The molecule has 0 unspecified atom stereocenters. The Hall–Kier alpha value is -1.71. The topological polar surface area (TPSA) is 125 Å². The number of nitrogen functional groups attached to an aromatic ring is 1. The number of sulfonamides is 1. The Labute approximate surface area is 104 Å². The van der Waals surface area contributed by atoms with Crippen molar-refractivity contribution in [2.75, 3.05) is 26.0 Å². The molecule has 0 spiro atoms. The summed E-state index contributed by atoms with van der Waals surface area (Å²) in [6.45, 7) is 0.331. The van der Waals surface area contributed by atoms with Crippen LogP contribution in [0.2, 0.25) is 0 Å². The average molecular weight is 275 g/mol. The highest BCUT2D eigenvalue weighted by Gasteiger charge is 2.18. The van der Waals surface area contributed by atoms with Gasteiger partial charge >= 0.3 is 0 Å². The number of nitrogens with two attached hydrogens (primary N) is 1. The van der Waals surface area contributed by atoms with Crippen molar-refractivity contribution in [1.82, 2.24) is 4.72 Å². The molecule has 3 N–H and O–H groups in total. The fraction of sp³-hybridized carbons (Fsp3) is 0.333. The first-order chi connectivity index (χ1) is 8.38. The smallest absolute Gasteiger partial charge is 0.292 e. The molecule has 0 saturated heterocycles. The van der Waals surface area contributed by atoms with Crippen molar-refractivity contribution < 1.29 is 18.1 Å². The molecule has 0 heterocycles. The Morgan fingerprint density at radius 2 is 2.17 bits per heavy atom. The Kier molecular flexibility index (Phi) is 4.59. The maximum absolute atomic E-state index is 11.7. The second kappa shape index (κ2) is 5.76. The fourth-order valence-corrected chi connectivity index (χ4v) is 2.28. The van der Waals surface area contributed by atoms with E-state index in [1.165, 1.54) is 7.11 Å². The lowest BCUT2D eigenvalue weighted by atomic mass is 10.3. The number of rotatable bonds is 6. The molecule has 100 valence electrons. The van der Waals surface area contributed by atoms with E-state index < -0.39 is 14.9 Å². The van der Waals surface area contributed by atoms with Crippen LogP contribution < -0.4 is 10.5 Å². The summed E-state index contributed by atoms with van der Waals surface area (Å²) in [5.41, 5.74) is 4.89. The van der Waals surface area contributed by atoms with Crippen molar-refractivity contribution >= 4 is 21.4 Å². The van der Waals surface area contributed by atoms with Gasteiger partial charge in [-0.25, -0.2) is 13.1 Å². The molecule has 8 nitrogen and oxygen atoms in total. The molecule has 1 rings (SSSR count). The number of nitrogens with zero attached hydrogens (tertiary/aromatic N) is 1. The molecule has 0 amide bonds. The molecule has 0 saturated carbocycles. The summed E-state index contributed by atoms with van der Waals surface area (Å²) in [7, 11) is -2.29. The second-order valence-electron chi connectivity index (χ2n) is 3.37. The van der Waals surface area contributed by atoms with E-state index in [2.05, 4.69) is 4.72 Å². The third-order valence-electron chi connectivity index (χ3n) is 2.10. The third-order valence-corrected chi connectivity index (χ3v) is 3.56. The van der Waals surface area contributed by atoms with Gasteiger partial charge in [0, 0.05) is 19.7 Å². The normalized spacial score (nSPS) is 11.4. The molecular weight excluding hydrogens is 262 g/mol. The number of nitrogens with one attached hydrogen (secondary N) is 1. The van der Waals surface area contributed by atoms with Crippen molar-refractivity contribution in [3.05, 3.63) is 28.3 Å². The summed E-state index contributed by atoms with van der Waals surface area (Å²) in [5.74, 6) is 0. The Balaban J connectivity index is 2.97. The number of nitro benzene ring substituents is 1. The standard InChI is InChI=1S/C9H13N3O5S/c1-17-5-4-11-18(15,16)7-2-3-9(12(13)14)8(10)6-7/h2-3,6,11H,4-5,10H2,1H3. The van der Waals surface area contributed by atoms with E-state index in [1.54, 1.807) is 0 Å². The van der Waals surface area contributed by atoms with Crippen LogP contribution in [-0.4, -0.2) is 33.6 Å². The van der Waals surface area contributed by atoms with Crippen LogP contribution in [0.4, 0.5) is 11.4 Å². The highest BCUT2D eigenvalue weighted by atomic mass is 32.2. The van der Waals surface area contributed by atoms with Gasteiger partial charge in [0.1, 0.15) is 5.69 Å². The maximum Gasteiger partial charge on any atom is 0.292 e. The summed E-state index contributed by atoms with van der Waals surface area (Å²) in [5, 5.41) is 10.5. The van der Waals surface area contributed by atoms with Crippen molar-refractivity contribution in [2.24, 2.45) is 0 Å². The van der Waals surface area contributed by atoms with Crippen molar-refractivity contribution in [3.8, 4) is 0 Å². The van der Waals surface area contributed by atoms with Gasteiger partial charge in [-0.3, -0.25) is 10.1 Å². The first-order valence-electron chi connectivity index (χ1n) is 4.91. The quantitative estimate of drug-likeness (QED) is 0.328. The molecule has 18 heavy (non-hydrogen) atoms. The number of benzene rings is 1. The van der Waals surface area contributed by atoms with Crippen LogP contribution in [-0.2, 0) is 14.8 Å². The minimum absolute atomic E-state index is 0.107. The minimum atomic E-state index is -3.73. The fourth-order valence-electron chi connectivity index (χ4n) is 1.23. The molecule has 0 fully saturated rings. The predicted octanol–water partition coefficient (Wildman–Crippen LogP) is 0.102. The van der Waals surface area contributed by atoms with Gasteiger partial charge in [0.15, 0.2) is 0 Å². The summed E-state index contributed by atoms with van der Waals surface area (Å²) in [4.78, 5) is 9.74. The van der Waals surface area contributed by atoms with Gasteiger partial charge in [-0.15, -0.1) is 0 Å². The molecule has 9 heteroatoms. The SMILES string of the molecule is COCCNS(=O)(=O)c1ccc([N+](=O)[O-])c(N)c1. The number of hydrogen-bond donors (Lipinski definition) is 2. The van der Waals surface area contributed by atoms with Gasteiger partial charge in [0.25, 0.3) is 5.69 Å². The van der Waals surface area contributed by atoms with E-state index in [-0.39, 0.29) is 29.4 Å². The van der Waals surface area contributed by atoms with Gasteiger partial charge in [0.05, 0.1) is 16.4 Å². The van der Waals surface area contributed by atoms with Crippen LogP contribution in [0, 0.1) is 10.1 Å². The zero-order chi connectivity index (χ0) is 13.8. The monoisotopic (exact) mass is 275 g/mol. The lowest BCUT2D eigenvalue weighted by molar-refractivity contribution is -0.383. The largest absolute Gasteiger partial charge is 0.393 e. The zero-order valence-corrected chi connectivity index (χ0v) is 10.4. The zero-order valence-electron chi connectivity index (χ0n) is 9.62. The van der Waals surface area contributed by atoms with E-state index in [9.17, 15) is 18.5 Å². The number of hydrogen-bond acceptors (Lipinski definition) is 6. The molecule has 0 aliphatic carbocycles. The summed E-state index contributed by atoms with van der Waals surface area (Å²) < 4.78 is 30.5. The average Bonchev–Trinajstić information content (AvgIpc) is 2.28. The molecule has 0 aliphatic heterocycles. The highest BCUT2D eigenvalue weighted by Crippen LogP contribution is 2.24. The number of nitro groups is 1. The number of methoxy groups -OCH3 is 1. The van der Waals surface area contributed by atoms with Gasteiger partial charge < -0.3 is 10.5 Å². The summed E-state index contributed by atoms with van der Waals surface area (Å²) in [6.07, 6.45) is 0. The number of ether oxygens (including phenoxy) is 1. The number of anilines is 1. The Morgan fingerprint density at radius 3 is 2.67 bits per heavy atom. The van der Waals surface area contributed by atoms with Crippen molar-refractivity contribution in [1.29, 1.82) is 0 Å². The van der Waals surface area contributed by atoms with E-state index in [0.717, 1.165) is 18.2 Å². The van der Waals surface area contributed by atoms with Crippen LogP contribution >= 0.6 is 0 Å². The van der Waals surface area contributed by atoms with E-state index >= 15 is 0 Å². The molecule has 0 aliphatic rings. The highest BCUT2D eigenvalue weighted by molar-refractivity contribution is 7.89. The predicted molar refractivity (Wildman–Crippen MR) is 64.6 cm³/mol. The second-order valence-corrected chi connectivity index (χ2v) is 5.14. The van der Waals surface area contributed by atoms with E-state index in [0.29, 0.717) is 0 Å². The van der Waals surface area contributed by atoms with E-state index in [4.69, 9.17) is 10.5 Å². The van der Waals surface area contributed by atoms with Crippen LogP contribution in [0.3, 0.4) is 0 Å². The minimum Gasteiger partial charge on any atom is -0.393 e. The lowest BCUT2D eigenvalue weighted by Gasteiger charge is -2.06. The summed E-state index contributed by atoms with van der Waals surface area (Å²) in [6, 6.07) is 3.23. The van der Waals surface area contributed by atoms with Crippen LogP contribution in [0.25, 0.3) is 0 Å². The molecule has 0 radical (unpaired) electrons. The van der Waals surface area contributed by atoms with Gasteiger partial charge in [-0.2, -0.15) is 0 Å². The van der Waals surface area contributed by atoms with E-state index in [1.807, 2.05) is 0 Å². The lowest BCUT2D eigenvalue weighted by Crippen LogP contribution is -2.27. The van der Waals surface area contributed by atoms with Crippen molar-refractivity contribution in [3.63, 3.8) is 0 Å². The Bertz CT molecular complexity index is 543. The molecule has 0 aromatic heterocycles. The molecule has 0 bridgehead atoms. The summed E-state index contributed by atoms with van der Waals surface area (Å²) >= 11 is 0. The van der Waals surface area contributed by atoms with Crippen LogP contribution in [0.1, 0.15) is 0 Å².